The van der Waals surface area contributed by atoms with Gasteiger partial charge in [0.1, 0.15) is 48.5 Å². The van der Waals surface area contributed by atoms with E-state index in [2.05, 4.69) is 37.4 Å². The molecule has 0 saturated carbocycles. The maximum absolute atomic E-state index is 12.3. The number of nitrogen functional groups attached to an aromatic ring is 1. The van der Waals surface area contributed by atoms with Crippen LogP contribution < -0.4 is 5.73 Å². The SMILES string of the molecule is Nc1ncnc2c1ncn2[C@@H]1O[C@H](COP(=O)(O)OP(=O)(O)OC[C@H]2O[C@H]3OP(=O)(O)O[C@@H]3[C@@H]2O)[C@@H](O)[C@H]1O. The first-order chi connectivity index (χ1) is 18.2. The average molecular weight is 621 g/mol. The highest BCUT2D eigenvalue weighted by Gasteiger charge is 2.56. The second-order valence-electron chi connectivity index (χ2n) is 8.42. The third-order valence-corrected chi connectivity index (χ3v) is 9.38. The maximum atomic E-state index is 12.3. The molecule has 3 aliphatic heterocycles. The number of nitrogens with two attached hydrogens (primary N) is 1. The lowest BCUT2D eigenvalue weighted by molar-refractivity contribution is -0.0911. The molecule has 0 amide bonds. The first kappa shape index (κ1) is 29.0. The third-order valence-electron chi connectivity index (χ3n) is 5.80. The van der Waals surface area contributed by atoms with Crippen LogP contribution in [0, 0.1) is 0 Å². The van der Waals surface area contributed by atoms with Crippen LogP contribution in [0.3, 0.4) is 0 Å². The number of phosphoric acid groups is 3. The molecule has 2 aromatic rings. The maximum Gasteiger partial charge on any atom is 0.481 e. The smallest absolute Gasteiger partial charge is 0.387 e. The Labute approximate surface area is 216 Å². The van der Waals surface area contributed by atoms with Crippen molar-refractivity contribution in [3.05, 3.63) is 12.7 Å². The molecule has 21 nitrogen and oxygen atoms in total. The van der Waals surface area contributed by atoms with Crippen LogP contribution in [0.1, 0.15) is 6.23 Å². The number of fused-ring (bicyclic) bond motifs is 2. The van der Waals surface area contributed by atoms with Crippen molar-refractivity contribution in [2.45, 2.75) is 49.1 Å². The van der Waals surface area contributed by atoms with E-state index < -0.39 is 85.8 Å². The summed E-state index contributed by atoms with van der Waals surface area (Å²) in [7, 11) is -15.1. The van der Waals surface area contributed by atoms with Crippen molar-refractivity contribution < 1.29 is 75.6 Å². The van der Waals surface area contributed by atoms with Gasteiger partial charge in [-0.15, -0.1) is 0 Å². The van der Waals surface area contributed by atoms with Gasteiger partial charge in [-0.1, -0.05) is 0 Å². The van der Waals surface area contributed by atoms with Gasteiger partial charge in [0.05, 0.1) is 19.5 Å². The van der Waals surface area contributed by atoms with Crippen molar-refractivity contribution in [1.29, 1.82) is 0 Å². The van der Waals surface area contributed by atoms with Crippen LogP contribution in [-0.2, 0) is 45.6 Å². The number of aliphatic hydroxyl groups excluding tert-OH is 3. The summed E-state index contributed by atoms with van der Waals surface area (Å²) in [5.74, 6) is 0.0511. The number of hydrogen-bond donors (Lipinski definition) is 7. The average Bonchev–Trinajstić information content (AvgIpc) is 3.54. The van der Waals surface area contributed by atoms with Crippen molar-refractivity contribution in [2.24, 2.45) is 0 Å². The summed E-state index contributed by atoms with van der Waals surface area (Å²) < 4.78 is 70.2. The van der Waals surface area contributed by atoms with E-state index in [9.17, 15) is 43.7 Å². The molecule has 8 N–H and O–H groups in total. The van der Waals surface area contributed by atoms with Gasteiger partial charge in [0.15, 0.2) is 24.0 Å². The summed E-state index contributed by atoms with van der Waals surface area (Å²) in [4.78, 5) is 40.7. The number of aromatic nitrogens is 4. The van der Waals surface area contributed by atoms with Gasteiger partial charge in [-0.05, 0) is 0 Å². The Morgan fingerprint density at radius 3 is 2.26 bits per heavy atom. The molecule has 0 aliphatic carbocycles. The number of nitrogens with zero attached hydrogens (tertiary/aromatic N) is 4. The highest BCUT2D eigenvalue weighted by molar-refractivity contribution is 7.61. The number of ether oxygens (including phenoxy) is 2. The van der Waals surface area contributed by atoms with Crippen molar-refractivity contribution >= 4 is 40.4 Å². The Bertz CT molecular complexity index is 1380. The molecule has 3 saturated heterocycles. The largest absolute Gasteiger partial charge is 0.481 e. The summed E-state index contributed by atoms with van der Waals surface area (Å²) in [5, 5.41) is 30.8. The zero-order chi connectivity index (χ0) is 28.3. The Morgan fingerprint density at radius 1 is 0.974 bits per heavy atom. The molecule has 39 heavy (non-hydrogen) atoms. The quantitative estimate of drug-likeness (QED) is 0.147. The molecule has 3 unspecified atom stereocenters. The van der Waals surface area contributed by atoms with Gasteiger partial charge in [0.25, 0.3) is 0 Å². The molecule has 0 bridgehead atoms. The fraction of sp³-hybridized carbons (Fsp3) is 0.667. The van der Waals surface area contributed by atoms with Crippen LogP contribution in [0.5, 0.6) is 0 Å². The van der Waals surface area contributed by atoms with Gasteiger partial charge >= 0.3 is 23.5 Å². The standard InChI is InChI=1S/C15H22N5O16P3/c16-12-7-13(18-3-17-12)20(4-19-7)14-10(23)8(21)5(32-14)1-30-37(24,25)36-38(26,27)31-2-6-9(22)11-15(33-6)35-39(28,29)34-11/h3-6,8-11,14-15,21-23H,1-2H2,(H,24,25)(H,26,27)(H,28,29)(H2,16,17,18)/t5-,6-,8-,9-,10-,11-,14-,15+/m1/s1. The predicted octanol–water partition coefficient (Wildman–Crippen LogP) is -2.12. The molecular weight excluding hydrogens is 599 g/mol. The molecule has 2 aromatic heterocycles. The lowest BCUT2D eigenvalue weighted by atomic mass is 10.1. The van der Waals surface area contributed by atoms with Crippen LogP contribution in [-0.4, -0.2) is 106 Å². The number of imidazole rings is 1. The number of phosphoric ester groups is 3. The number of anilines is 1. The van der Waals surface area contributed by atoms with Gasteiger partial charge in [-0.25, -0.2) is 28.6 Å². The lowest BCUT2D eigenvalue weighted by Gasteiger charge is -2.21. The van der Waals surface area contributed by atoms with E-state index in [4.69, 9.17) is 15.2 Å². The Morgan fingerprint density at radius 2 is 1.62 bits per heavy atom. The fourth-order valence-corrected chi connectivity index (χ4v) is 7.12. The van der Waals surface area contributed by atoms with E-state index in [1.807, 2.05) is 0 Å². The Kier molecular flexibility index (Phi) is 7.75. The van der Waals surface area contributed by atoms with Crippen LogP contribution in [0.4, 0.5) is 5.82 Å². The third kappa shape index (κ3) is 5.95. The summed E-state index contributed by atoms with van der Waals surface area (Å²) >= 11 is 0. The van der Waals surface area contributed by atoms with E-state index in [-0.39, 0.29) is 17.0 Å². The summed E-state index contributed by atoms with van der Waals surface area (Å²) in [5.41, 5.74) is 6.08. The van der Waals surface area contributed by atoms with Crippen LogP contribution in [0.2, 0.25) is 0 Å². The second kappa shape index (κ2) is 10.4. The van der Waals surface area contributed by atoms with Gasteiger partial charge in [0, 0.05) is 0 Å². The highest BCUT2D eigenvalue weighted by atomic mass is 31.3. The molecule has 0 radical (unpaired) electrons. The van der Waals surface area contributed by atoms with Gasteiger partial charge in [0.2, 0.25) is 0 Å². The fourth-order valence-electron chi connectivity index (χ4n) is 4.01. The van der Waals surface area contributed by atoms with Gasteiger partial charge in [-0.3, -0.25) is 22.7 Å². The zero-order valence-corrected chi connectivity index (χ0v) is 21.8. The van der Waals surface area contributed by atoms with Crippen molar-refractivity contribution in [2.75, 3.05) is 18.9 Å². The molecular formula is C15H22N5O16P3. The van der Waals surface area contributed by atoms with Crippen molar-refractivity contribution in [3.63, 3.8) is 0 Å². The summed E-state index contributed by atoms with van der Waals surface area (Å²) in [6, 6.07) is 0. The monoisotopic (exact) mass is 621 g/mol. The minimum atomic E-state index is -5.34. The number of aliphatic hydroxyl groups is 3. The summed E-state index contributed by atoms with van der Waals surface area (Å²) in [6.45, 7) is -1.79. The minimum Gasteiger partial charge on any atom is -0.387 e. The molecule has 24 heteroatoms. The Hall–Kier alpha value is -1.48. The van der Waals surface area contributed by atoms with Crippen LogP contribution in [0.25, 0.3) is 11.2 Å². The highest BCUT2D eigenvalue weighted by Crippen LogP contribution is 2.61. The molecule has 0 aromatic carbocycles. The lowest BCUT2D eigenvalue weighted by Crippen LogP contribution is -2.34. The van der Waals surface area contributed by atoms with Crippen molar-refractivity contribution in [1.82, 2.24) is 19.5 Å². The topological polar surface area (TPSA) is 307 Å². The van der Waals surface area contributed by atoms with E-state index in [0.29, 0.717) is 0 Å². The molecule has 3 aliphatic rings. The van der Waals surface area contributed by atoms with E-state index in [1.54, 1.807) is 0 Å². The number of rotatable bonds is 9. The predicted molar refractivity (Wildman–Crippen MR) is 119 cm³/mol. The molecule has 3 fully saturated rings. The van der Waals surface area contributed by atoms with E-state index in [1.165, 1.54) is 10.9 Å². The van der Waals surface area contributed by atoms with Crippen LogP contribution in [0.15, 0.2) is 12.7 Å². The molecule has 5 rings (SSSR count). The van der Waals surface area contributed by atoms with Crippen molar-refractivity contribution in [3.8, 4) is 0 Å². The number of hydrogen-bond acceptors (Lipinski definition) is 17. The molecule has 11 atom stereocenters. The first-order valence-corrected chi connectivity index (χ1v) is 15.3. The summed E-state index contributed by atoms with van der Waals surface area (Å²) in [6.07, 6.45) is -9.43. The first-order valence-electron chi connectivity index (χ1n) is 10.8. The molecule has 0 spiro atoms. The van der Waals surface area contributed by atoms with Gasteiger partial charge in [-0.2, -0.15) is 4.31 Å². The minimum absolute atomic E-state index is 0.0511. The van der Waals surface area contributed by atoms with E-state index >= 15 is 0 Å². The molecule has 5 heterocycles. The van der Waals surface area contributed by atoms with Gasteiger partial charge < -0.3 is 45.2 Å². The zero-order valence-electron chi connectivity index (χ0n) is 19.2. The normalized spacial score (nSPS) is 39.5. The van der Waals surface area contributed by atoms with E-state index in [0.717, 1.165) is 6.33 Å². The second-order valence-corrected chi connectivity index (χ2v) is 12.8. The Balaban J connectivity index is 1.15. The molecule has 218 valence electrons. The van der Waals surface area contributed by atoms with Crippen LogP contribution >= 0.6 is 23.5 Å².